The number of hydrogen-bond donors (Lipinski definition) is 1. The van der Waals surface area contributed by atoms with Crippen molar-refractivity contribution in [1.82, 2.24) is 5.32 Å². The fourth-order valence-corrected chi connectivity index (χ4v) is 2.09. The van der Waals surface area contributed by atoms with Crippen LogP contribution in [0.1, 0.15) is 25.7 Å². The molecule has 0 saturated carbocycles. The van der Waals surface area contributed by atoms with Crippen LogP contribution in [0.25, 0.3) is 0 Å². The summed E-state index contributed by atoms with van der Waals surface area (Å²) in [5.41, 5.74) is -0.301. The number of rotatable bonds is 7. The number of carbonyl (C=O) groups excluding carboxylic acids is 1. The molecular formula is C11H20BrNO3. The molecule has 4 nitrogen and oxygen atoms in total. The maximum atomic E-state index is 11.5. The van der Waals surface area contributed by atoms with Crippen LogP contribution in [0.5, 0.6) is 0 Å². The molecular weight excluding hydrogens is 274 g/mol. The number of amides is 1. The largest absolute Gasteiger partial charge is 0.378 e. The lowest BCUT2D eigenvalue weighted by molar-refractivity contribution is -0.122. The van der Waals surface area contributed by atoms with Crippen LogP contribution in [0.3, 0.4) is 0 Å². The third-order valence-corrected chi connectivity index (χ3v) is 3.46. The van der Waals surface area contributed by atoms with Crippen molar-refractivity contribution >= 4 is 21.8 Å². The maximum absolute atomic E-state index is 11.5. The van der Waals surface area contributed by atoms with Crippen molar-refractivity contribution in [3.8, 4) is 0 Å². The van der Waals surface area contributed by atoms with E-state index in [-0.39, 0.29) is 11.5 Å². The smallest absolute Gasteiger partial charge is 0.220 e. The Balaban J connectivity index is 2.19. The summed E-state index contributed by atoms with van der Waals surface area (Å²) < 4.78 is 10.7. The minimum Gasteiger partial charge on any atom is -0.378 e. The Morgan fingerprint density at radius 2 is 2.38 bits per heavy atom. The van der Waals surface area contributed by atoms with Crippen molar-refractivity contribution < 1.29 is 14.3 Å². The van der Waals surface area contributed by atoms with Crippen LogP contribution in [0.4, 0.5) is 0 Å². The van der Waals surface area contributed by atoms with Crippen LogP contribution < -0.4 is 5.32 Å². The van der Waals surface area contributed by atoms with Crippen molar-refractivity contribution in [2.45, 2.75) is 31.3 Å². The Kier molecular flexibility index (Phi) is 6.31. The third-order valence-electron chi connectivity index (χ3n) is 2.90. The topological polar surface area (TPSA) is 47.6 Å². The molecule has 0 aromatic carbocycles. The summed E-state index contributed by atoms with van der Waals surface area (Å²) in [6.45, 7) is 1.84. The zero-order chi connectivity index (χ0) is 11.9. The minimum atomic E-state index is -0.301. The molecule has 1 saturated heterocycles. The van der Waals surface area contributed by atoms with Crippen LogP contribution in [-0.4, -0.2) is 43.7 Å². The van der Waals surface area contributed by atoms with E-state index in [1.165, 1.54) is 0 Å². The Bertz CT molecular complexity index is 217. The summed E-state index contributed by atoms with van der Waals surface area (Å²) in [5.74, 6) is 0.101. The van der Waals surface area contributed by atoms with Gasteiger partial charge in [0.2, 0.25) is 5.91 Å². The van der Waals surface area contributed by atoms with Crippen molar-refractivity contribution in [1.29, 1.82) is 0 Å². The monoisotopic (exact) mass is 293 g/mol. The predicted octanol–water partition coefficient (Wildman–Crippen LogP) is 1.47. The Morgan fingerprint density at radius 1 is 1.56 bits per heavy atom. The number of alkyl halides is 1. The Labute approximate surface area is 105 Å². The van der Waals surface area contributed by atoms with E-state index in [4.69, 9.17) is 9.47 Å². The molecule has 1 fully saturated rings. The summed E-state index contributed by atoms with van der Waals surface area (Å²) in [6.07, 6.45) is 3.40. The van der Waals surface area contributed by atoms with Gasteiger partial charge >= 0.3 is 0 Å². The second kappa shape index (κ2) is 7.25. The molecule has 16 heavy (non-hydrogen) atoms. The molecule has 1 rings (SSSR count). The lowest BCUT2D eigenvalue weighted by Crippen LogP contribution is -2.44. The van der Waals surface area contributed by atoms with Gasteiger partial charge in [-0.15, -0.1) is 0 Å². The lowest BCUT2D eigenvalue weighted by Gasteiger charge is -2.25. The Morgan fingerprint density at radius 3 is 2.94 bits per heavy atom. The number of unbranched alkanes of at least 4 members (excludes halogenated alkanes) is 1. The molecule has 0 spiro atoms. The van der Waals surface area contributed by atoms with Gasteiger partial charge in [-0.05, 0) is 12.8 Å². The number of methoxy groups -OCH3 is 1. The second-order valence-corrected chi connectivity index (χ2v) is 4.91. The van der Waals surface area contributed by atoms with Crippen LogP contribution in [0, 0.1) is 0 Å². The first kappa shape index (κ1) is 13.9. The summed E-state index contributed by atoms with van der Waals surface area (Å²) in [4.78, 5) is 11.5. The van der Waals surface area contributed by atoms with Gasteiger partial charge in [0, 0.05) is 38.4 Å². The first-order valence-corrected chi connectivity index (χ1v) is 6.80. The van der Waals surface area contributed by atoms with E-state index in [1.54, 1.807) is 7.11 Å². The molecule has 1 aliphatic rings. The summed E-state index contributed by atoms with van der Waals surface area (Å²) in [5, 5.41) is 3.87. The molecule has 94 valence electrons. The van der Waals surface area contributed by atoms with Crippen LogP contribution in [-0.2, 0) is 14.3 Å². The van der Waals surface area contributed by atoms with E-state index in [2.05, 4.69) is 21.2 Å². The van der Waals surface area contributed by atoms with E-state index in [0.717, 1.165) is 24.6 Å². The molecule has 1 aliphatic heterocycles. The number of nitrogens with one attached hydrogen (secondary N) is 1. The van der Waals surface area contributed by atoms with Crippen molar-refractivity contribution in [2.75, 3.05) is 32.2 Å². The highest BCUT2D eigenvalue weighted by Gasteiger charge is 2.35. The van der Waals surface area contributed by atoms with Gasteiger partial charge in [0.1, 0.15) is 5.60 Å². The van der Waals surface area contributed by atoms with Gasteiger partial charge in [-0.3, -0.25) is 4.79 Å². The molecule has 5 heteroatoms. The van der Waals surface area contributed by atoms with E-state index in [1.807, 2.05) is 0 Å². The van der Waals surface area contributed by atoms with Gasteiger partial charge in [0.05, 0.1) is 6.61 Å². The summed E-state index contributed by atoms with van der Waals surface area (Å²) in [7, 11) is 1.67. The highest BCUT2D eigenvalue weighted by molar-refractivity contribution is 9.09. The minimum absolute atomic E-state index is 0.101. The third kappa shape index (κ3) is 4.39. The Hall–Kier alpha value is -0.130. The molecule has 1 N–H and O–H groups in total. The average molecular weight is 294 g/mol. The maximum Gasteiger partial charge on any atom is 0.220 e. The fraction of sp³-hybridized carbons (Fsp3) is 0.909. The van der Waals surface area contributed by atoms with Gasteiger partial charge in [-0.1, -0.05) is 15.9 Å². The molecule has 1 unspecified atom stereocenters. The van der Waals surface area contributed by atoms with Gasteiger partial charge in [-0.25, -0.2) is 0 Å². The fourth-order valence-electron chi connectivity index (χ4n) is 1.69. The standard InChI is InChI=1S/C11H20BrNO3/c1-15-11(5-7-16-9-11)8-13-10(14)4-2-3-6-12/h2-9H2,1H3,(H,13,14). The van der Waals surface area contributed by atoms with Gasteiger partial charge in [0.15, 0.2) is 0 Å². The van der Waals surface area contributed by atoms with Gasteiger partial charge in [0.25, 0.3) is 0 Å². The number of ether oxygens (including phenoxy) is 2. The zero-order valence-corrected chi connectivity index (χ0v) is 11.3. The van der Waals surface area contributed by atoms with Crippen molar-refractivity contribution in [3.63, 3.8) is 0 Å². The predicted molar refractivity (Wildman–Crippen MR) is 65.8 cm³/mol. The van der Waals surface area contributed by atoms with Crippen LogP contribution in [0.2, 0.25) is 0 Å². The molecule has 1 heterocycles. The van der Waals surface area contributed by atoms with Crippen molar-refractivity contribution in [2.24, 2.45) is 0 Å². The molecule has 0 radical (unpaired) electrons. The van der Waals surface area contributed by atoms with Crippen molar-refractivity contribution in [3.05, 3.63) is 0 Å². The average Bonchev–Trinajstić information content (AvgIpc) is 2.76. The highest BCUT2D eigenvalue weighted by atomic mass is 79.9. The summed E-state index contributed by atoms with van der Waals surface area (Å²) in [6, 6.07) is 0. The highest BCUT2D eigenvalue weighted by Crippen LogP contribution is 2.21. The molecule has 1 atom stereocenters. The van der Waals surface area contributed by atoms with Crippen LogP contribution >= 0.6 is 15.9 Å². The first-order chi connectivity index (χ1) is 7.72. The van der Waals surface area contributed by atoms with Gasteiger partial charge < -0.3 is 14.8 Å². The normalized spacial score (nSPS) is 24.6. The lowest BCUT2D eigenvalue weighted by atomic mass is 10.0. The molecule has 0 aromatic rings. The number of carbonyl (C=O) groups is 1. The quantitative estimate of drug-likeness (QED) is 0.571. The second-order valence-electron chi connectivity index (χ2n) is 4.11. The molecule has 0 aromatic heterocycles. The zero-order valence-electron chi connectivity index (χ0n) is 9.76. The number of halogens is 1. The molecule has 1 amide bonds. The van der Waals surface area contributed by atoms with E-state index in [9.17, 15) is 4.79 Å². The number of hydrogen-bond acceptors (Lipinski definition) is 3. The summed E-state index contributed by atoms with van der Waals surface area (Å²) >= 11 is 3.34. The van der Waals surface area contributed by atoms with Crippen LogP contribution in [0.15, 0.2) is 0 Å². The van der Waals surface area contributed by atoms with Gasteiger partial charge in [-0.2, -0.15) is 0 Å². The van der Waals surface area contributed by atoms with E-state index < -0.39 is 0 Å². The first-order valence-electron chi connectivity index (χ1n) is 5.68. The van der Waals surface area contributed by atoms with E-state index >= 15 is 0 Å². The van der Waals surface area contributed by atoms with E-state index in [0.29, 0.717) is 26.2 Å². The molecule has 0 aliphatic carbocycles. The molecule has 0 bridgehead atoms. The SMILES string of the molecule is COC1(CNC(=O)CCCCBr)CCOC1.